The molecule has 2 heterocycles. The molecular formula is C23H19NO3. The number of carbonyl (C=O) groups is 2. The van der Waals surface area contributed by atoms with Gasteiger partial charge in [0.1, 0.15) is 5.60 Å². The smallest absolute Gasteiger partial charge is 0.261 e. The van der Waals surface area contributed by atoms with Crippen molar-refractivity contribution in [2.45, 2.75) is 18.4 Å². The summed E-state index contributed by atoms with van der Waals surface area (Å²) < 4.78 is 5.74. The van der Waals surface area contributed by atoms with Crippen LogP contribution < -0.4 is 0 Å². The number of carbonyl (C=O) groups excluding carboxylic acids is 2. The van der Waals surface area contributed by atoms with Crippen molar-refractivity contribution < 1.29 is 14.3 Å². The van der Waals surface area contributed by atoms with Crippen LogP contribution in [0.1, 0.15) is 39.1 Å². The summed E-state index contributed by atoms with van der Waals surface area (Å²) in [4.78, 5) is 27.2. The summed E-state index contributed by atoms with van der Waals surface area (Å²) in [5, 5.41) is 1.71. The highest BCUT2D eigenvalue weighted by molar-refractivity contribution is 6.25. The second-order valence-corrected chi connectivity index (χ2v) is 7.22. The third-order valence-electron chi connectivity index (χ3n) is 5.61. The minimum absolute atomic E-state index is 0.199. The van der Waals surface area contributed by atoms with Crippen LogP contribution in [0.3, 0.4) is 0 Å². The number of amides is 2. The molecule has 2 amide bonds. The molecule has 0 spiro atoms. The Morgan fingerprint density at radius 1 is 0.852 bits per heavy atom. The lowest BCUT2D eigenvalue weighted by molar-refractivity contribution is 0.0604. The fourth-order valence-electron chi connectivity index (χ4n) is 4.09. The summed E-state index contributed by atoms with van der Waals surface area (Å²) in [5.41, 5.74) is 2.14. The lowest BCUT2D eigenvalue weighted by atomic mass is 9.92. The quantitative estimate of drug-likeness (QED) is 0.509. The number of nitrogens with zero attached hydrogens (tertiary/aromatic N) is 1. The molecule has 0 aromatic heterocycles. The number of rotatable bonds is 5. The fraction of sp³-hybridized carbons (Fsp3) is 0.217. The standard InChI is InChI=1S/C23H19NO3/c25-21-18-11-4-7-16-8-5-12-19(20(16)18)22(26)24(21)14-6-13-23(15-27-23)17-9-2-1-3-10-17/h1-5,7-12H,6,13-15H2. The van der Waals surface area contributed by atoms with E-state index in [1.54, 1.807) is 0 Å². The number of hydrogen-bond donors (Lipinski definition) is 0. The van der Waals surface area contributed by atoms with Crippen molar-refractivity contribution >= 4 is 22.6 Å². The Balaban J connectivity index is 1.36. The zero-order chi connectivity index (χ0) is 18.4. The number of benzene rings is 3. The first-order valence-electron chi connectivity index (χ1n) is 9.27. The van der Waals surface area contributed by atoms with E-state index < -0.39 is 0 Å². The van der Waals surface area contributed by atoms with Crippen molar-refractivity contribution in [3.63, 3.8) is 0 Å². The topological polar surface area (TPSA) is 49.9 Å². The largest absolute Gasteiger partial charge is 0.365 e. The average Bonchev–Trinajstić information content (AvgIpc) is 3.50. The van der Waals surface area contributed by atoms with E-state index >= 15 is 0 Å². The van der Waals surface area contributed by atoms with E-state index in [4.69, 9.17) is 4.74 Å². The minimum Gasteiger partial charge on any atom is -0.365 e. The van der Waals surface area contributed by atoms with E-state index in [2.05, 4.69) is 12.1 Å². The van der Waals surface area contributed by atoms with E-state index in [1.165, 1.54) is 4.90 Å². The molecule has 1 saturated heterocycles. The van der Waals surface area contributed by atoms with Gasteiger partial charge < -0.3 is 4.74 Å². The Kier molecular flexibility index (Phi) is 3.62. The minimum atomic E-state index is -0.249. The summed E-state index contributed by atoms with van der Waals surface area (Å²) in [5.74, 6) is -0.399. The highest BCUT2D eigenvalue weighted by Gasteiger charge is 2.46. The summed E-state index contributed by atoms with van der Waals surface area (Å²) in [6, 6.07) is 21.4. The van der Waals surface area contributed by atoms with Crippen molar-refractivity contribution in [2.24, 2.45) is 0 Å². The van der Waals surface area contributed by atoms with Gasteiger partial charge in [-0.1, -0.05) is 54.6 Å². The molecule has 1 atom stereocenters. The first-order chi connectivity index (χ1) is 13.2. The highest BCUT2D eigenvalue weighted by Crippen LogP contribution is 2.43. The zero-order valence-electron chi connectivity index (χ0n) is 14.9. The lowest BCUT2D eigenvalue weighted by Crippen LogP contribution is -2.41. The van der Waals surface area contributed by atoms with Crippen LogP contribution in [0.25, 0.3) is 10.8 Å². The van der Waals surface area contributed by atoms with Gasteiger partial charge in [0.05, 0.1) is 6.61 Å². The van der Waals surface area contributed by atoms with Crippen molar-refractivity contribution in [2.75, 3.05) is 13.2 Å². The molecule has 0 saturated carbocycles. The Morgan fingerprint density at radius 3 is 2.07 bits per heavy atom. The van der Waals surface area contributed by atoms with Crippen LogP contribution in [0.15, 0.2) is 66.7 Å². The van der Waals surface area contributed by atoms with Crippen LogP contribution >= 0.6 is 0 Å². The normalized spacial score (nSPS) is 21.0. The van der Waals surface area contributed by atoms with Crippen molar-refractivity contribution in [1.82, 2.24) is 4.90 Å². The second-order valence-electron chi connectivity index (χ2n) is 7.22. The predicted molar refractivity (Wildman–Crippen MR) is 103 cm³/mol. The van der Waals surface area contributed by atoms with Gasteiger partial charge in [0.15, 0.2) is 0 Å². The maximum atomic E-state index is 12.9. The summed E-state index contributed by atoms with van der Waals surface area (Å²) in [6.45, 7) is 1.10. The molecule has 0 N–H and O–H groups in total. The van der Waals surface area contributed by atoms with Gasteiger partial charge in [-0.15, -0.1) is 0 Å². The van der Waals surface area contributed by atoms with Crippen LogP contribution in [0, 0.1) is 0 Å². The molecule has 5 rings (SSSR count). The van der Waals surface area contributed by atoms with Crippen LogP contribution in [0.5, 0.6) is 0 Å². The highest BCUT2D eigenvalue weighted by atomic mass is 16.6. The molecule has 2 aliphatic heterocycles. The molecule has 0 radical (unpaired) electrons. The average molecular weight is 357 g/mol. The fourth-order valence-corrected chi connectivity index (χ4v) is 4.09. The zero-order valence-corrected chi connectivity index (χ0v) is 14.9. The van der Waals surface area contributed by atoms with E-state index in [0.29, 0.717) is 30.7 Å². The first kappa shape index (κ1) is 16.2. The molecule has 1 unspecified atom stereocenters. The Bertz CT molecular complexity index is 1000. The van der Waals surface area contributed by atoms with Crippen LogP contribution in [0.4, 0.5) is 0 Å². The number of imide groups is 1. The van der Waals surface area contributed by atoms with E-state index in [1.807, 2.05) is 54.6 Å². The Hall–Kier alpha value is -2.98. The predicted octanol–water partition coefficient (Wildman–Crippen LogP) is 4.14. The van der Waals surface area contributed by atoms with Gasteiger partial charge in [-0.2, -0.15) is 0 Å². The van der Waals surface area contributed by atoms with Gasteiger partial charge in [-0.05, 0) is 35.9 Å². The molecular weight excluding hydrogens is 338 g/mol. The van der Waals surface area contributed by atoms with Crippen molar-refractivity contribution in [3.8, 4) is 0 Å². The van der Waals surface area contributed by atoms with E-state index in [9.17, 15) is 9.59 Å². The number of epoxide rings is 1. The summed E-state index contributed by atoms with van der Waals surface area (Å²) in [6.07, 6.45) is 1.50. The molecule has 4 heteroatoms. The third kappa shape index (κ3) is 2.56. The molecule has 3 aromatic rings. The molecule has 2 aliphatic rings. The van der Waals surface area contributed by atoms with Crippen LogP contribution in [0.2, 0.25) is 0 Å². The third-order valence-corrected chi connectivity index (χ3v) is 5.61. The number of hydrogen-bond acceptors (Lipinski definition) is 3. The SMILES string of the molecule is O=C1c2cccc3cccc(c23)C(=O)N1CCCC1(c2ccccc2)CO1. The van der Waals surface area contributed by atoms with E-state index in [0.717, 1.165) is 22.8 Å². The maximum Gasteiger partial charge on any atom is 0.261 e. The molecule has 1 fully saturated rings. The molecule has 0 aliphatic carbocycles. The van der Waals surface area contributed by atoms with Gasteiger partial charge in [-0.3, -0.25) is 14.5 Å². The summed E-state index contributed by atoms with van der Waals surface area (Å²) in [7, 11) is 0. The van der Waals surface area contributed by atoms with Crippen LogP contribution in [-0.2, 0) is 10.3 Å². The van der Waals surface area contributed by atoms with Crippen LogP contribution in [-0.4, -0.2) is 29.9 Å². The summed E-state index contributed by atoms with van der Waals surface area (Å²) >= 11 is 0. The molecule has 0 bridgehead atoms. The Morgan fingerprint density at radius 2 is 1.48 bits per heavy atom. The van der Waals surface area contributed by atoms with Gasteiger partial charge >= 0.3 is 0 Å². The van der Waals surface area contributed by atoms with Gasteiger partial charge in [0.2, 0.25) is 0 Å². The Labute approximate surface area is 157 Å². The maximum absolute atomic E-state index is 12.9. The van der Waals surface area contributed by atoms with Gasteiger partial charge in [0.25, 0.3) is 11.8 Å². The monoisotopic (exact) mass is 357 g/mol. The van der Waals surface area contributed by atoms with E-state index in [-0.39, 0.29) is 17.4 Å². The first-order valence-corrected chi connectivity index (χ1v) is 9.27. The van der Waals surface area contributed by atoms with Gasteiger partial charge in [0, 0.05) is 23.1 Å². The second kappa shape index (κ2) is 6.03. The van der Waals surface area contributed by atoms with Crippen molar-refractivity contribution in [1.29, 1.82) is 0 Å². The number of ether oxygens (including phenoxy) is 1. The lowest BCUT2D eigenvalue weighted by Gasteiger charge is -2.27. The van der Waals surface area contributed by atoms with Gasteiger partial charge in [-0.25, -0.2) is 0 Å². The molecule has 134 valence electrons. The molecule has 4 nitrogen and oxygen atoms in total. The molecule has 27 heavy (non-hydrogen) atoms. The molecule has 3 aromatic carbocycles. The van der Waals surface area contributed by atoms with Crippen molar-refractivity contribution in [3.05, 3.63) is 83.4 Å².